The van der Waals surface area contributed by atoms with Gasteiger partial charge in [-0.1, -0.05) is 24.8 Å². The zero-order valence-electron chi connectivity index (χ0n) is 19.0. The van der Waals surface area contributed by atoms with Gasteiger partial charge in [-0.05, 0) is 43.2 Å². The van der Waals surface area contributed by atoms with Crippen LogP contribution in [0.15, 0.2) is 65.6 Å². The maximum Gasteiger partial charge on any atom is 0.342 e. The number of nitrogens with zero attached hydrogens (tertiary/aromatic N) is 2. The van der Waals surface area contributed by atoms with Crippen LogP contribution in [0.4, 0.5) is 11.4 Å². The number of hydrogen-bond donors (Lipinski definition) is 1. The van der Waals surface area contributed by atoms with Crippen molar-refractivity contribution in [2.75, 3.05) is 17.5 Å². The van der Waals surface area contributed by atoms with Crippen LogP contribution in [0.3, 0.4) is 0 Å². The molecule has 11 nitrogen and oxygen atoms in total. The Labute approximate surface area is 201 Å². The van der Waals surface area contributed by atoms with Crippen molar-refractivity contribution in [2.24, 2.45) is 0 Å². The molecule has 2 heterocycles. The van der Waals surface area contributed by atoms with E-state index in [0.29, 0.717) is 11.3 Å². The van der Waals surface area contributed by atoms with Gasteiger partial charge in [0.2, 0.25) is 5.54 Å². The van der Waals surface area contributed by atoms with E-state index >= 15 is 0 Å². The highest BCUT2D eigenvalue weighted by atomic mass is 32.2. The van der Waals surface area contributed by atoms with E-state index in [0.717, 1.165) is 28.6 Å². The van der Waals surface area contributed by atoms with E-state index in [1.807, 2.05) is 0 Å². The molecule has 1 N–H and O–H groups in total. The van der Waals surface area contributed by atoms with Crippen LogP contribution < -0.4 is 9.62 Å². The summed E-state index contributed by atoms with van der Waals surface area (Å²) in [5.74, 6) is -1.88. The summed E-state index contributed by atoms with van der Waals surface area (Å²) in [6.07, 6.45) is 0. The number of carbonyl (C=O) groups excluding carboxylic acids is 2. The third kappa shape index (κ3) is 3.56. The zero-order valence-corrected chi connectivity index (χ0v) is 19.8. The Kier molecular flexibility index (Phi) is 6.11. The van der Waals surface area contributed by atoms with E-state index in [4.69, 9.17) is 9.47 Å². The van der Waals surface area contributed by atoms with Gasteiger partial charge in [0.25, 0.3) is 15.7 Å². The van der Waals surface area contributed by atoms with Gasteiger partial charge in [-0.15, -0.1) is 0 Å². The largest absolute Gasteiger partial charge is 0.464 e. The second-order valence-corrected chi connectivity index (χ2v) is 9.71. The smallest absolute Gasteiger partial charge is 0.342 e. The van der Waals surface area contributed by atoms with E-state index in [1.165, 1.54) is 0 Å². The number of hydrogen-bond acceptors (Lipinski definition) is 9. The normalized spacial score (nSPS) is 20.2. The van der Waals surface area contributed by atoms with Crippen molar-refractivity contribution < 1.29 is 32.4 Å². The lowest BCUT2D eigenvalue weighted by Gasteiger charge is -2.31. The van der Waals surface area contributed by atoms with Crippen LogP contribution in [0.25, 0.3) is 0 Å². The van der Waals surface area contributed by atoms with Crippen LogP contribution in [0.2, 0.25) is 0 Å². The quantitative estimate of drug-likeness (QED) is 0.198. The minimum absolute atomic E-state index is 0.0221. The van der Waals surface area contributed by atoms with Crippen molar-refractivity contribution in [3.63, 3.8) is 0 Å². The number of fused-ring (bicyclic) bond motifs is 3. The van der Waals surface area contributed by atoms with Crippen LogP contribution in [0.1, 0.15) is 25.5 Å². The summed E-state index contributed by atoms with van der Waals surface area (Å²) in [6, 6.07) is 9.23. The summed E-state index contributed by atoms with van der Waals surface area (Å²) >= 11 is 0. The third-order valence-corrected chi connectivity index (χ3v) is 7.87. The molecule has 2 aliphatic rings. The van der Waals surface area contributed by atoms with Gasteiger partial charge < -0.3 is 9.47 Å². The van der Waals surface area contributed by atoms with Gasteiger partial charge in [-0.2, -0.15) is 0 Å². The summed E-state index contributed by atoms with van der Waals surface area (Å²) < 4.78 is 39.1. The SMILES string of the molecule is C=C1[C@H]2[C@@H](NC1(C(=O)OCC)C(=O)OCC)c1ccccc1N2S(=O)(=O)c1ccc([N+](=O)[O-])cc1. The molecule has 0 radical (unpaired) electrons. The third-order valence-electron chi connectivity index (χ3n) is 6.06. The van der Waals surface area contributed by atoms with Crippen LogP contribution >= 0.6 is 0 Å². The molecular weight excluding hydrogens is 478 g/mol. The van der Waals surface area contributed by atoms with Gasteiger partial charge in [-0.3, -0.25) is 19.7 Å². The number of nitro groups is 1. The average Bonchev–Trinajstić information content (AvgIpc) is 3.32. The number of para-hydroxylation sites is 1. The lowest BCUT2D eigenvalue weighted by Crippen LogP contribution is -2.58. The second-order valence-electron chi connectivity index (χ2n) is 7.89. The fourth-order valence-corrected chi connectivity index (χ4v) is 6.21. The van der Waals surface area contributed by atoms with E-state index in [2.05, 4.69) is 11.9 Å². The van der Waals surface area contributed by atoms with Crippen molar-refractivity contribution >= 4 is 33.3 Å². The van der Waals surface area contributed by atoms with E-state index in [1.54, 1.807) is 38.1 Å². The number of rotatable bonds is 7. The maximum atomic E-state index is 13.8. The first kappa shape index (κ1) is 24.4. The molecule has 2 atom stereocenters. The predicted octanol–water partition coefficient (Wildman–Crippen LogP) is 2.24. The van der Waals surface area contributed by atoms with E-state index in [9.17, 15) is 28.1 Å². The topological polar surface area (TPSA) is 145 Å². The number of nitrogens with one attached hydrogen (secondary N) is 1. The van der Waals surface area contributed by atoms with Gasteiger partial charge in [0.15, 0.2) is 0 Å². The molecule has 0 spiro atoms. The number of nitro benzene ring substituents is 1. The van der Waals surface area contributed by atoms with Gasteiger partial charge in [-0.25, -0.2) is 18.0 Å². The van der Waals surface area contributed by atoms with Gasteiger partial charge in [0.05, 0.1) is 40.8 Å². The maximum absolute atomic E-state index is 13.8. The van der Waals surface area contributed by atoms with Crippen molar-refractivity contribution in [1.82, 2.24) is 5.32 Å². The molecule has 4 rings (SSSR count). The fourth-order valence-electron chi connectivity index (χ4n) is 4.53. The van der Waals surface area contributed by atoms with Crippen molar-refractivity contribution in [3.8, 4) is 0 Å². The van der Waals surface area contributed by atoms with Gasteiger partial charge >= 0.3 is 11.9 Å². The predicted molar refractivity (Wildman–Crippen MR) is 124 cm³/mol. The number of esters is 2. The minimum atomic E-state index is -4.30. The lowest BCUT2D eigenvalue weighted by molar-refractivity contribution is -0.384. The summed E-state index contributed by atoms with van der Waals surface area (Å²) in [5.41, 5.74) is -1.56. The molecule has 2 aliphatic heterocycles. The van der Waals surface area contributed by atoms with Gasteiger partial charge in [0.1, 0.15) is 0 Å². The van der Waals surface area contributed by atoms with Crippen molar-refractivity contribution in [3.05, 3.63) is 76.4 Å². The average molecular weight is 502 g/mol. The number of benzene rings is 2. The van der Waals surface area contributed by atoms with Crippen LogP contribution in [-0.4, -0.2) is 50.1 Å². The van der Waals surface area contributed by atoms with Crippen molar-refractivity contribution in [1.29, 1.82) is 0 Å². The molecule has 0 unspecified atom stereocenters. The molecule has 0 bridgehead atoms. The Bertz CT molecular complexity index is 1300. The molecule has 1 saturated heterocycles. The van der Waals surface area contributed by atoms with E-state index in [-0.39, 0.29) is 29.4 Å². The molecule has 0 aliphatic carbocycles. The summed E-state index contributed by atoms with van der Waals surface area (Å²) in [6.45, 7) is 7.09. The van der Waals surface area contributed by atoms with Gasteiger partial charge in [0, 0.05) is 12.1 Å². The number of sulfonamides is 1. The Morgan fingerprint density at radius 1 is 1.09 bits per heavy atom. The number of anilines is 1. The Hall–Kier alpha value is -3.77. The van der Waals surface area contributed by atoms with Crippen LogP contribution in [-0.2, 0) is 29.1 Å². The van der Waals surface area contributed by atoms with Crippen molar-refractivity contribution in [2.45, 2.75) is 36.4 Å². The molecule has 1 fully saturated rings. The van der Waals surface area contributed by atoms with Crippen LogP contribution in [0, 0.1) is 10.1 Å². The molecule has 0 amide bonds. The Morgan fingerprint density at radius 2 is 1.66 bits per heavy atom. The minimum Gasteiger partial charge on any atom is -0.464 e. The van der Waals surface area contributed by atoms with Crippen LogP contribution in [0.5, 0.6) is 0 Å². The second kappa shape index (κ2) is 8.78. The molecule has 12 heteroatoms. The highest BCUT2D eigenvalue weighted by molar-refractivity contribution is 7.93. The monoisotopic (exact) mass is 501 g/mol. The first-order valence-corrected chi connectivity index (χ1v) is 12.2. The number of ether oxygens (including phenoxy) is 2. The summed E-state index contributed by atoms with van der Waals surface area (Å²) in [4.78, 5) is 36.4. The number of non-ortho nitro benzene ring substituents is 1. The summed E-state index contributed by atoms with van der Waals surface area (Å²) in [5, 5.41) is 14.0. The highest BCUT2D eigenvalue weighted by Crippen LogP contribution is 2.52. The Morgan fingerprint density at radius 3 is 2.20 bits per heavy atom. The molecule has 0 aromatic heterocycles. The first-order valence-electron chi connectivity index (χ1n) is 10.8. The lowest BCUT2D eigenvalue weighted by atomic mass is 9.90. The fraction of sp³-hybridized carbons (Fsp3) is 0.304. The first-order chi connectivity index (χ1) is 16.6. The molecule has 0 saturated carbocycles. The molecule has 2 aromatic carbocycles. The summed E-state index contributed by atoms with van der Waals surface area (Å²) in [7, 11) is -4.30. The molecule has 2 aromatic rings. The highest BCUT2D eigenvalue weighted by Gasteiger charge is 2.65. The zero-order chi connectivity index (χ0) is 25.5. The molecule has 184 valence electrons. The van der Waals surface area contributed by atoms with E-state index < -0.39 is 44.5 Å². The number of carbonyl (C=O) groups is 2. The Balaban J connectivity index is 1.87. The standard InChI is InChI=1S/C23H23N3O8S/c1-4-33-21(27)23(22(28)34-5-2)14(3)20-19(24-23)17-8-6-7-9-18(17)25(20)35(31,32)16-12-10-15(11-13-16)26(29)30/h6-13,19-20,24H,3-5H2,1-2H3/t19-,20-/m0/s1. The molecule has 35 heavy (non-hydrogen) atoms. The molecular formula is C23H23N3O8S.